The molecule has 2 aromatic heterocycles. The molecule has 1 aliphatic rings. The topological polar surface area (TPSA) is 103 Å². The van der Waals surface area contributed by atoms with Gasteiger partial charge in [0.1, 0.15) is 19.3 Å². The average molecular weight is 515 g/mol. The Morgan fingerprint density at radius 2 is 1.95 bits per heavy atom. The zero-order chi connectivity index (χ0) is 26.4. The number of nitrogens with zero attached hydrogens (tertiary/aromatic N) is 3. The molecule has 0 fully saturated rings. The van der Waals surface area contributed by atoms with Crippen molar-refractivity contribution in [3.63, 3.8) is 0 Å². The molecule has 0 spiro atoms. The van der Waals surface area contributed by atoms with Gasteiger partial charge < -0.3 is 14.8 Å². The Morgan fingerprint density at radius 3 is 2.70 bits per heavy atom. The summed E-state index contributed by atoms with van der Waals surface area (Å²) in [5, 5.41) is 11.0. The predicted octanol–water partition coefficient (Wildman–Crippen LogP) is 4.06. The normalized spacial score (nSPS) is 17.1. The van der Waals surface area contributed by atoms with Crippen molar-refractivity contribution in [2.24, 2.45) is 5.92 Å². The first kappa shape index (κ1) is 26.2. The zero-order valence-corrected chi connectivity index (χ0v) is 20.0. The Hall–Kier alpha value is -3.86. The number of ether oxygens (including phenoxy) is 2. The highest BCUT2D eigenvalue weighted by molar-refractivity contribution is 5.78. The number of alkyl halides is 3. The third-order valence-electron chi connectivity index (χ3n) is 5.83. The summed E-state index contributed by atoms with van der Waals surface area (Å²) < 4.78 is 50.3. The number of halogens is 3. The molecule has 1 aliphatic carbocycles. The summed E-state index contributed by atoms with van der Waals surface area (Å²) in [5.41, 5.74) is 1.78. The first-order chi connectivity index (χ1) is 17.7. The van der Waals surface area contributed by atoms with E-state index in [-0.39, 0.29) is 30.3 Å². The largest absolute Gasteiger partial charge is 0.456 e. The predicted molar refractivity (Wildman–Crippen MR) is 126 cm³/mol. The van der Waals surface area contributed by atoms with Crippen molar-refractivity contribution in [3.8, 4) is 11.3 Å². The van der Waals surface area contributed by atoms with Crippen molar-refractivity contribution >= 4 is 11.9 Å². The number of fused-ring (bicyclic) bond motifs is 1. The zero-order valence-electron chi connectivity index (χ0n) is 20.0. The number of nitrogens with one attached hydrogen (secondary N) is 1. The van der Waals surface area contributed by atoms with Gasteiger partial charge in [-0.05, 0) is 48.6 Å². The fourth-order valence-electron chi connectivity index (χ4n) is 4.06. The van der Waals surface area contributed by atoms with Crippen LogP contribution < -0.4 is 5.32 Å². The Balaban J connectivity index is 1.37. The van der Waals surface area contributed by atoms with Crippen LogP contribution in [0.4, 0.5) is 13.2 Å². The van der Waals surface area contributed by atoms with Crippen LogP contribution >= 0.6 is 0 Å². The Morgan fingerprint density at radius 1 is 1.11 bits per heavy atom. The van der Waals surface area contributed by atoms with Gasteiger partial charge in [0, 0.05) is 30.1 Å². The van der Waals surface area contributed by atoms with Crippen molar-refractivity contribution in [1.29, 1.82) is 0 Å². The van der Waals surface area contributed by atoms with Gasteiger partial charge in [-0.15, -0.1) is 0 Å². The molecule has 2 unspecified atom stereocenters. The van der Waals surface area contributed by atoms with E-state index >= 15 is 0 Å². The molecule has 194 valence electrons. The molecule has 4 rings (SSSR count). The van der Waals surface area contributed by atoms with Gasteiger partial charge in [-0.3, -0.25) is 9.78 Å². The summed E-state index contributed by atoms with van der Waals surface area (Å²) in [6.07, 6.45) is -0.769. The lowest BCUT2D eigenvalue weighted by atomic mass is 9.85. The summed E-state index contributed by atoms with van der Waals surface area (Å²) in [5.74, 6) is -0.907. The van der Waals surface area contributed by atoms with Crippen LogP contribution in [-0.2, 0) is 38.2 Å². The molecular weight excluding hydrogens is 489 g/mol. The summed E-state index contributed by atoms with van der Waals surface area (Å²) in [6.45, 7) is 1.51. The van der Waals surface area contributed by atoms with Crippen molar-refractivity contribution in [2.75, 3.05) is 13.2 Å². The first-order valence-corrected chi connectivity index (χ1v) is 11.7. The van der Waals surface area contributed by atoms with Crippen LogP contribution in [0.1, 0.15) is 41.8 Å². The van der Waals surface area contributed by atoms with Gasteiger partial charge in [-0.25, -0.2) is 4.79 Å². The van der Waals surface area contributed by atoms with Gasteiger partial charge >= 0.3 is 12.1 Å². The number of carbonyl (C=O) groups excluding carboxylic acids is 2. The maximum Gasteiger partial charge on any atom is 0.416 e. The standard InChI is InChI=1S/C26H25F3N4O4/c1-16-8-22-20(11-21(32-33-22)18-5-2-6-19(10-18)26(27,28)29)23(9-16)37-25(35)15-36-14-24(34)31-13-17-4-3-7-30-12-17/h2-7,10-12,16,23H,8-9,13-15H2,1H3,(H,31,34). The van der Waals surface area contributed by atoms with Gasteiger partial charge in [0.25, 0.3) is 0 Å². The quantitative estimate of drug-likeness (QED) is 0.452. The second kappa shape index (κ2) is 11.5. The number of hydrogen-bond donors (Lipinski definition) is 1. The number of carbonyl (C=O) groups is 2. The van der Waals surface area contributed by atoms with Crippen LogP contribution in [0.15, 0.2) is 54.9 Å². The molecule has 1 N–H and O–H groups in total. The molecule has 37 heavy (non-hydrogen) atoms. The Labute approximate surface area is 211 Å². The highest BCUT2D eigenvalue weighted by atomic mass is 19.4. The van der Waals surface area contributed by atoms with E-state index in [0.29, 0.717) is 24.1 Å². The molecule has 2 atom stereocenters. The molecule has 11 heteroatoms. The van der Waals surface area contributed by atoms with E-state index in [4.69, 9.17) is 9.47 Å². The van der Waals surface area contributed by atoms with Crippen LogP contribution in [0.5, 0.6) is 0 Å². The van der Waals surface area contributed by atoms with Crippen molar-refractivity contribution in [3.05, 3.63) is 77.2 Å². The fourth-order valence-corrected chi connectivity index (χ4v) is 4.06. The van der Waals surface area contributed by atoms with Crippen LogP contribution in [0.25, 0.3) is 11.3 Å². The Bertz CT molecular complexity index is 1250. The van der Waals surface area contributed by atoms with Crippen molar-refractivity contribution in [1.82, 2.24) is 20.5 Å². The number of aromatic nitrogens is 3. The van der Waals surface area contributed by atoms with Gasteiger partial charge in [-0.1, -0.05) is 25.1 Å². The van der Waals surface area contributed by atoms with Gasteiger partial charge in [0.2, 0.25) is 5.91 Å². The van der Waals surface area contributed by atoms with Crippen LogP contribution in [0.2, 0.25) is 0 Å². The molecule has 0 aliphatic heterocycles. The molecule has 0 saturated carbocycles. The highest BCUT2D eigenvalue weighted by Gasteiger charge is 2.32. The van der Waals surface area contributed by atoms with Crippen LogP contribution in [0.3, 0.4) is 0 Å². The molecule has 1 amide bonds. The fraction of sp³-hybridized carbons (Fsp3) is 0.346. The average Bonchev–Trinajstić information content (AvgIpc) is 2.87. The van der Waals surface area contributed by atoms with Gasteiger partial charge in [0.15, 0.2) is 0 Å². The second-order valence-electron chi connectivity index (χ2n) is 8.86. The summed E-state index contributed by atoms with van der Waals surface area (Å²) in [4.78, 5) is 28.4. The SMILES string of the molecule is CC1Cc2nnc(-c3cccc(C(F)(F)F)c3)cc2C(OC(=O)COCC(=O)NCc2cccnc2)C1. The van der Waals surface area contributed by atoms with Gasteiger partial charge in [-0.2, -0.15) is 23.4 Å². The maximum absolute atomic E-state index is 13.1. The lowest BCUT2D eigenvalue weighted by Crippen LogP contribution is -2.29. The maximum atomic E-state index is 13.1. The number of rotatable bonds is 8. The lowest BCUT2D eigenvalue weighted by molar-refractivity contribution is -0.156. The van der Waals surface area contributed by atoms with E-state index in [2.05, 4.69) is 20.5 Å². The smallest absolute Gasteiger partial charge is 0.416 e. The van der Waals surface area contributed by atoms with Crippen molar-refractivity contribution in [2.45, 2.75) is 38.6 Å². The van der Waals surface area contributed by atoms with Gasteiger partial charge in [0.05, 0.1) is 17.0 Å². The summed E-state index contributed by atoms with van der Waals surface area (Å²) in [7, 11) is 0. The van der Waals surface area contributed by atoms with E-state index in [9.17, 15) is 22.8 Å². The molecule has 0 saturated heterocycles. The third kappa shape index (κ3) is 7.10. The minimum absolute atomic E-state index is 0.151. The van der Waals surface area contributed by atoms with Crippen LogP contribution in [-0.4, -0.2) is 40.3 Å². The van der Waals surface area contributed by atoms with E-state index in [0.717, 1.165) is 17.7 Å². The van der Waals surface area contributed by atoms with E-state index in [1.165, 1.54) is 12.1 Å². The number of pyridine rings is 1. The lowest BCUT2D eigenvalue weighted by Gasteiger charge is -2.28. The summed E-state index contributed by atoms with van der Waals surface area (Å²) in [6, 6.07) is 10.0. The second-order valence-corrected chi connectivity index (χ2v) is 8.86. The number of esters is 1. The first-order valence-electron chi connectivity index (χ1n) is 11.7. The Kier molecular flexibility index (Phi) is 8.12. The molecule has 3 aromatic rings. The number of amides is 1. The van der Waals surface area contributed by atoms with E-state index < -0.39 is 36.3 Å². The molecule has 0 radical (unpaired) electrons. The molecular formula is C26H25F3N4O4. The molecule has 2 heterocycles. The van der Waals surface area contributed by atoms with E-state index in [1.807, 2.05) is 13.0 Å². The minimum Gasteiger partial charge on any atom is -0.456 e. The molecule has 1 aromatic carbocycles. The van der Waals surface area contributed by atoms with E-state index in [1.54, 1.807) is 24.5 Å². The highest BCUT2D eigenvalue weighted by Crippen LogP contribution is 2.37. The molecule has 0 bridgehead atoms. The minimum atomic E-state index is -4.49. The number of hydrogen-bond acceptors (Lipinski definition) is 7. The molecule has 8 nitrogen and oxygen atoms in total. The van der Waals surface area contributed by atoms with Crippen molar-refractivity contribution < 1.29 is 32.2 Å². The monoisotopic (exact) mass is 514 g/mol. The summed E-state index contributed by atoms with van der Waals surface area (Å²) >= 11 is 0. The third-order valence-corrected chi connectivity index (χ3v) is 5.83. The van der Waals surface area contributed by atoms with Crippen LogP contribution in [0, 0.1) is 5.92 Å². The number of benzene rings is 1.